The molecule has 0 spiro atoms. The summed E-state index contributed by atoms with van der Waals surface area (Å²) in [6.45, 7) is 1.10. The number of carbonyl (C=O) groups excluding carboxylic acids is 3. The molecule has 6 nitrogen and oxygen atoms in total. The van der Waals surface area contributed by atoms with Crippen molar-refractivity contribution in [1.29, 1.82) is 0 Å². The molecular formula is C19H18F2N2O4. The number of ether oxygens (including phenoxy) is 1. The van der Waals surface area contributed by atoms with Crippen LogP contribution in [0.25, 0.3) is 0 Å². The Balaban J connectivity index is 1.77. The molecule has 142 valence electrons. The second-order valence-corrected chi connectivity index (χ2v) is 5.64. The van der Waals surface area contributed by atoms with Gasteiger partial charge in [0.05, 0.1) is 5.56 Å². The molecule has 2 aromatic rings. The van der Waals surface area contributed by atoms with Gasteiger partial charge < -0.3 is 15.4 Å². The molecule has 2 N–H and O–H groups in total. The molecule has 2 amide bonds. The van der Waals surface area contributed by atoms with Crippen molar-refractivity contribution in [2.75, 3.05) is 6.54 Å². The third-order valence-electron chi connectivity index (χ3n) is 3.56. The maximum absolute atomic E-state index is 13.5. The summed E-state index contributed by atoms with van der Waals surface area (Å²) in [4.78, 5) is 35.5. The van der Waals surface area contributed by atoms with Crippen LogP contribution in [0.3, 0.4) is 0 Å². The summed E-state index contributed by atoms with van der Waals surface area (Å²) in [7, 11) is 0. The molecule has 0 saturated carbocycles. The molecule has 2 rings (SSSR count). The second-order valence-electron chi connectivity index (χ2n) is 5.64. The van der Waals surface area contributed by atoms with Crippen LogP contribution in [0.2, 0.25) is 0 Å². The zero-order valence-corrected chi connectivity index (χ0v) is 14.5. The van der Waals surface area contributed by atoms with Gasteiger partial charge in [-0.1, -0.05) is 30.3 Å². The lowest BCUT2D eigenvalue weighted by molar-refractivity contribution is -0.153. The lowest BCUT2D eigenvalue weighted by atomic mass is 10.2. The summed E-state index contributed by atoms with van der Waals surface area (Å²) in [5, 5.41) is 4.77. The van der Waals surface area contributed by atoms with E-state index in [1.165, 1.54) is 6.92 Å². The van der Waals surface area contributed by atoms with Gasteiger partial charge in [-0.05, 0) is 24.6 Å². The Labute approximate surface area is 154 Å². The molecule has 27 heavy (non-hydrogen) atoms. The van der Waals surface area contributed by atoms with Gasteiger partial charge in [-0.25, -0.2) is 8.78 Å². The predicted molar refractivity (Wildman–Crippen MR) is 92.5 cm³/mol. The molecule has 0 radical (unpaired) electrons. The number of amides is 2. The van der Waals surface area contributed by atoms with Gasteiger partial charge in [0.25, 0.3) is 11.8 Å². The van der Waals surface area contributed by atoms with E-state index in [9.17, 15) is 23.2 Å². The van der Waals surface area contributed by atoms with Crippen molar-refractivity contribution in [3.05, 3.63) is 71.3 Å². The summed E-state index contributed by atoms with van der Waals surface area (Å²) in [6, 6.07) is 11.6. The smallest absolute Gasteiger partial charge is 0.326 e. The minimum absolute atomic E-state index is 0.280. The minimum Gasteiger partial charge on any atom is -0.451 e. The van der Waals surface area contributed by atoms with Crippen molar-refractivity contribution < 1.29 is 27.9 Å². The van der Waals surface area contributed by atoms with E-state index in [1.54, 1.807) is 0 Å². The summed E-state index contributed by atoms with van der Waals surface area (Å²) in [6.07, 6.45) is -1.07. The highest BCUT2D eigenvalue weighted by Gasteiger charge is 2.19. The quantitative estimate of drug-likeness (QED) is 0.724. The number of hydrogen-bond acceptors (Lipinski definition) is 4. The van der Waals surface area contributed by atoms with E-state index < -0.39 is 47.6 Å². The van der Waals surface area contributed by atoms with Gasteiger partial charge in [-0.15, -0.1) is 0 Å². The molecule has 2 aromatic carbocycles. The van der Waals surface area contributed by atoms with E-state index in [0.29, 0.717) is 6.07 Å². The van der Waals surface area contributed by atoms with Crippen LogP contribution in [0.1, 0.15) is 22.8 Å². The first-order chi connectivity index (χ1) is 12.9. The highest BCUT2D eigenvalue weighted by atomic mass is 19.1. The highest BCUT2D eigenvalue weighted by Crippen LogP contribution is 2.09. The molecular weight excluding hydrogens is 358 g/mol. The third kappa shape index (κ3) is 6.18. The van der Waals surface area contributed by atoms with Crippen molar-refractivity contribution in [2.45, 2.75) is 19.6 Å². The molecule has 0 saturated heterocycles. The predicted octanol–water partition coefficient (Wildman–Crippen LogP) is 1.94. The number of nitrogens with one attached hydrogen (secondary N) is 2. The molecule has 0 fully saturated rings. The Morgan fingerprint density at radius 1 is 1.04 bits per heavy atom. The van der Waals surface area contributed by atoms with Gasteiger partial charge in [0.1, 0.15) is 18.2 Å². The average molecular weight is 376 g/mol. The first kappa shape index (κ1) is 20.0. The summed E-state index contributed by atoms with van der Waals surface area (Å²) >= 11 is 0. The number of carbonyl (C=O) groups is 3. The van der Waals surface area contributed by atoms with Gasteiger partial charge >= 0.3 is 5.97 Å². The summed E-state index contributed by atoms with van der Waals surface area (Å²) in [5.41, 5.74) is 0.482. The van der Waals surface area contributed by atoms with Gasteiger partial charge in [-0.2, -0.15) is 0 Å². The summed E-state index contributed by atoms with van der Waals surface area (Å²) in [5.74, 6) is -4.13. The summed E-state index contributed by atoms with van der Waals surface area (Å²) < 4.78 is 31.2. The number of benzene rings is 2. The van der Waals surface area contributed by atoms with Crippen molar-refractivity contribution >= 4 is 17.8 Å². The van der Waals surface area contributed by atoms with Crippen LogP contribution in [0, 0.1) is 11.6 Å². The van der Waals surface area contributed by atoms with Crippen molar-refractivity contribution in [3.8, 4) is 0 Å². The maximum atomic E-state index is 13.5. The standard InChI is InChI=1S/C19H18F2N2O4/c1-12(18(25)22-10-13-5-3-2-4-6-13)27-17(24)11-23-19(26)15-8-7-14(20)9-16(15)21/h2-9,12H,10-11H2,1H3,(H,22,25)(H,23,26). The van der Waals surface area contributed by atoms with E-state index in [-0.39, 0.29) is 6.54 Å². The fraction of sp³-hybridized carbons (Fsp3) is 0.211. The molecule has 0 aromatic heterocycles. The molecule has 0 bridgehead atoms. The molecule has 1 atom stereocenters. The Morgan fingerprint density at radius 2 is 1.74 bits per heavy atom. The van der Waals surface area contributed by atoms with E-state index >= 15 is 0 Å². The van der Waals surface area contributed by atoms with Crippen LogP contribution in [-0.2, 0) is 20.9 Å². The van der Waals surface area contributed by atoms with Crippen molar-refractivity contribution in [2.24, 2.45) is 0 Å². The van der Waals surface area contributed by atoms with Crippen LogP contribution in [-0.4, -0.2) is 30.4 Å². The number of hydrogen-bond donors (Lipinski definition) is 2. The SMILES string of the molecule is CC(OC(=O)CNC(=O)c1ccc(F)cc1F)C(=O)NCc1ccccc1. The largest absolute Gasteiger partial charge is 0.451 e. The Bertz CT molecular complexity index is 828. The fourth-order valence-electron chi connectivity index (χ4n) is 2.14. The molecule has 0 aliphatic heterocycles. The molecule has 1 unspecified atom stereocenters. The van der Waals surface area contributed by atoms with E-state index in [2.05, 4.69) is 10.6 Å². The van der Waals surface area contributed by atoms with Crippen LogP contribution in [0.5, 0.6) is 0 Å². The lowest BCUT2D eigenvalue weighted by Gasteiger charge is -2.14. The van der Waals surface area contributed by atoms with E-state index in [0.717, 1.165) is 17.7 Å². The number of esters is 1. The first-order valence-electron chi connectivity index (χ1n) is 8.11. The molecule has 0 aliphatic carbocycles. The van der Waals surface area contributed by atoms with Crippen LogP contribution >= 0.6 is 0 Å². The van der Waals surface area contributed by atoms with E-state index in [4.69, 9.17) is 4.74 Å². The van der Waals surface area contributed by atoms with Crippen LogP contribution in [0.15, 0.2) is 48.5 Å². The normalized spacial score (nSPS) is 11.4. The molecule has 0 heterocycles. The Hall–Kier alpha value is -3.29. The number of halogens is 2. The zero-order chi connectivity index (χ0) is 19.8. The third-order valence-corrected chi connectivity index (χ3v) is 3.56. The minimum atomic E-state index is -1.07. The average Bonchev–Trinajstić information content (AvgIpc) is 2.65. The van der Waals surface area contributed by atoms with Gasteiger partial charge in [0.15, 0.2) is 6.10 Å². The molecule has 0 aliphatic rings. The lowest BCUT2D eigenvalue weighted by Crippen LogP contribution is -2.38. The van der Waals surface area contributed by atoms with Gasteiger partial charge in [0.2, 0.25) is 0 Å². The van der Waals surface area contributed by atoms with Gasteiger partial charge in [0, 0.05) is 12.6 Å². The van der Waals surface area contributed by atoms with E-state index in [1.807, 2.05) is 30.3 Å². The van der Waals surface area contributed by atoms with Crippen LogP contribution in [0.4, 0.5) is 8.78 Å². The number of rotatable bonds is 7. The van der Waals surface area contributed by atoms with Crippen molar-refractivity contribution in [1.82, 2.24) is 10.6 Å². The fourth-order valence-corrected chi connectivity index (χ4v) is 2.14. The maximum Gasteiger partial charge on any atom is 0.326 e. The topological polar surface area (TPSA) is 84.5 Å². The Morgan fingerprint density at radius 3 is 2.41 bits per heavy atom. The molecule has 8 heteroatoms. The first-order valence-corrected chi connectivity index (χ1v) is 8.11. The second kappa shape index (κ2) is 9.42. The highest BCUT2D eigenvalue weighted by molar-refractivity contribution is 5.96. The Kier molecular flexibility index (Phi) is 6.99. The monoisotopic (exact) mass is 376 g/mol. The van der Waals surface area contributed by atoms with Gasteiger partial charge in [-0.3, -0.25) is 14.4 Å². The van der Waals surface area contributed by atoms with Crippen molar-refractivity contribution in [3.63, 3.8) is 0 Å². The zero-order valence-electron chi connectivity index (χ0n) is 14.5. The van der Waals surface area contributed by atoms with Crippen LogP contribution < -0.4 is 10.6 Å².